The molecule has 3 atom stereocenters. The van der Waals surface area contributed by atoms with Gasteiger partial charge in [0, 0.05) is 12.1 Å². The first kappa shape index (κ1) is 31.5. The molecule has 0 fully saturated rings. The molecular formula is C24H40N8O5. The Balaban J connectivity index is 2.62. The Bertz CT molecular complexity index is 883. The number of amides is 5. The fourth-order valence-corrected chi connectivity index (χ4v) is 3.34. The summed E-state index contributed by atoms with van der Waals surface area (Å²) in [5.74, 6) is -2.90. The lowest BCUT2D eigenvalue weighted by atomic mass is 10.1. The van der Waals surface area contributed by atoms with Crippen LogP contribution in [0.15, 0.2) is 30.3 Å². The lowest BCUT2D eigenvalue weighted by Gasteiger charge is -2.21. The van der Waals surface area contributed by atoms with Gasteiger partial charge in [0.1, 0.15) is 18.1 Å². The maximum atomic E-state index is 12.7. The first-order chi connectivity index (χ1) is 17.7. The number of unbranched alkanes of at least 4 members (excludes halogenated alkanes) is 2. The van der Waals surface area contributed by atoms with Gasteiger partial charge in [0.15, 0.2) is 0 Å². The molecule has 0 saturated carbocycles. The quantitative estimate of drug-likeness (QED) is 0.0966. The van der Waals surface area contributed by atoms with Gasteiger partial charge in [-0.3, -0.25) is 24.0 Å². The second-order valence-electron chi connectivity index (χ2n) is 8.55. The first-order valence-corrected chi connectivity index (χ1v) is 12.3. The Hall–Kier alpha value is -3.55. The molecule has 12 N–H and O–H groups in total. The van der Waals surface area contributed by atoms with Gasteiger partial charge in [0.05, 0.1) is 6.54 Å². The Morgan fingerprint density at radius 1 is 0.757 bits per heavy atom. The van der Waals surface area contributed by atoms with Gasteiger partial charge in [-0.25, -0.2) is 0 Å². The minimum absolute atomic E-state index is 0.141. The highest BCUT2D eigenvalue weighted by molar-refractivity contribution is 5.95. The standard InChI is InChI=1S/C24H40N8O5/c25-12-6-4-10-18(21(28)34)31-20(33)15-30-24(37)19(11-5-7-13-26)32-23(36)17(27)14-29-22(35)16-8-2-1-3-9-16/h1-3,8-9,17-19H,4-7,10-15,25-27H2,(H2,28,34)(H,29,35)(H,30,37)(H,31,33)(H,32,36). The van der Waals surface area contributed by atoms with Crippen LogP contribution in [0, 0.1) is 0 Å². The number of hydrogen-bond donors (Lipinski definition) is 8. The van der Waals surface area contributed by atoms with Crippen molar-refractivity contribution in [2.24, 2.45) is 22.9 Å². The van der Waals surface area contributed by atoms with Crippen LogP contribution in [0.1, 0.15) is 48.9 Å². The fourth-order valence-electron chi connectivity index (χ4n) is 3.34. The summed E-state index contributed by atoms with van der Waals surface area (Å²) in [6.45, 7) is 0.309. The third-order valence-electron chi connectivity index (χ3n) is 5.48. The van der Waals surface area contributed by atoms with Crippen molar-refractivity contribution < 1.29 is 24.0 Å². The molecule has 1 aromatic rings. The maximum Gasteiger partial charge on any atom is 0.251 e. The van der Waals surface area contributed by atoms with Gasteiger partial charge in [-0.05, 0) is 63.7 Å². The topological polar surface area (TPSA) is 238 Å². The van der Waals surface area contributed by atoms with Crippen LogP contribution < -0.4 is 44.2 Å². The van der Waals surface area contributed by atoms with Crippen molar-refractivity contribution in [3.8, 4) is 0 Å². The molecule has 0 aliphatic heterocycles. The summed E-state index contributed by atoms with van der Waals surface area (Å²) in [4.78, 5) is 61.3. The number of nitrogens with one attached hydrogen (secondary N) is 4. The van der Waals surface area contributed by atoms with Crippen LogP contribution >= 0.6 is 0 Å². The lowest BCUT2D eigenvalue weighted by molar-refractivity contribution is -0.131. The van der Waals surface area contributed by atoms with E-state index in [0.717, 1.165) is 0 Å². The summed E-state index contributed by atoms with van der Waals surface area (Å²) in [5, 5.41) is 10.1. The number of rotatable bonds is 18. The number of hydrogen-bond acceptors (Lipinski definition) is 8. The van der Waals surface area contributed by atoms with Gasteiger partial charge in [-0.1, -0.05) is 18.2 Å². The lowest BCUT2D eigenvalue weighted by Crippen LogP contribution is -2.55. The molecule has 0 spiro atoms. The highest BCUT2D eigenvalue weighted by atomic mass is 16.2. The second-order valence-corrected chi connectivity index (χ2v) is 8.55. The SMILES string of the molecule is NCCCCC(NC(=O)CNC(=O)C(CCCCN)NC(=O)C(N)CNC(=O)c1ccccc1)C(N)=O. The van der Waals surface area contributed by atoms with E-state index in [-0.39, 0.29) is 18.9 Å². The molecule has 0 radical (unpaired) electrons. The van der Waals surface area contributed by atoms with Crippen molar-refractivity contribution in [2.45, 2.75) is 56.7 Å². The van der Waals surface area contributed by atoms with Crippen LogP contribution in [0.2, 0.25) is 0 Å². The number of carbonyl (C=O) groups excluding carboxylic acids is 5. The summed E-state index contributed by atoms with van der Waals surface area (Å²) in [6, 6.07) is 5.49. The highest BCUT2D eigenvalue weighted by Gasteiger charge is 2.25. The third kappa shape index (κ3) is 12.8. The molecule has 206 valence electrons. The predicted molar refractivity (Wildman–Crippen MR) is 139 cm³/mol. The average molecular weight is 521 g/mol. The number of carbonyl (C=O) groups is 5. The van der Waals surface area contributed by atoms with E-state index in [2.05, 4.69) is 21.3 Å². The summed E-state index contributed by atoms with van der Waals surface area (Å²) in [6.07, 6.45) is 3.07. The average Bonchev–Trinajstić information content (AvgIpc) is 2.89. The zero-order valence-corrected chi connectivity index (χ0v) is 21.0. The van der Waals surface area contributed by atoms with E-state index in [1.807, 2.05) is 0 Å². The molecule has 5 amide bonds. The van der Waals surface area contributed by atoms with E-state index in [1.165, 1.54) is 0 Å². The number of primary amides is 1. The highest BCUT2D eigenvalue weighted by Crippen LogP contribution is 2.03. The van der Waals surface area contributed by atoms with Gasteiger partial charge < -0.3 is 44.2 Å². The predicted octanol–water partition coefficient (Wildman–Crippen LogP) is -2.43. The first-order valence-electron chi connectivity index (χ1n) is 12.3. The van der Waals surface area contributed by atoms with Crippen molar-refractivity contribution in [1.29, 1.82) is 0 Å². The van der Waals surface area contributed by atoms with Crippen molar-refractivity contribution in [3.05, 3.63) is 35.9 Å². The zero-order valence-electron chi connectivity index (χ0n) is 21.0. The molecule has 37 heavy (non-hydrogen) atoms. The van der Waals surface area contributed by atoms with Crippen molar-refractivity contribution in [1.82, 2.24) is 21.3 Å². The van der Waals surface area contributed by atoms with E-state index in [0.29, 0.717) is 50.8 Å². The molecule has 13 nitrogen and oxygen atoms in total. The largest absolute Gasteiger partial charge is 0.368 e. The van der Waals surface area contributed by atoms with Crippen LogP contribution in [0.4, 0.5) is 0 Å². The summed E-state index contributed by atoms with van der Waals surface area (Å²) in [7, 11) is 0. The van der Waals surface area contributed by atoms with E-state index in [4.69, 9.17) is 22.9 Å². The van der Waals surface area contributed by atoms with Crippen molar-refractivity contribution >= 4 is 29.5 Å². The van der Waals surface area contributed by atoms with Gasteiger partial charge in [-0.15, -0.1) is 0 Å². The Morgan fingerprint density at radius 2 is 1.35 bits per heavy atom. The number of benzene rings is 1. The van der Waals surface area contributed by atoms with Crippen LogP contribution in [0.5, 0.6) is 0 Å². The fraction of sp³-hybridized carbons (Fsp3) is 0.542. The van der Waals surface area contributed by atoms with Crippen molar-refractivity contribution in [3.63, 3.8) is 0 Å². The summed E-state index contributed by atoms with van der Waals surface area (Å²) < 4.78 is 0. The summed E-state index contributed by atoms with van der Waals surface area (Å²) in [5.41, 5.74) is 22.6. The second kappa shape index (κ2) is 17.8. The Labute approximate surface area is 216 Å². The van der Waals surface area contributed by atoms with Gasteiger partial charge in [-0.2, -0.15) is 0 Å². The Morgan fingerprint density at radius 3 is 1.92 bits per heavy atom. The molecule has 0 aliphatic carbocycles. The monoisotopic (exact) mass is 520 g/mol. The van der Waals surface area contributed by atoms with Gasteiger partial charge in [0.2, 0.25) is 23.6 Å². The zero-order chi connectivity index (χ0) is 27.6. The summed E-state index contributed by atoms with van der Waals surface area (Å²) >= 11 is 0. The van der Waals surface area contributed by atoms with Crippen LogP contribution in [-0.4, -0.2) is 73.8 Å². The minimum atomic E-state index is -1.11. The molecule has 0 aromatic heterocycles. The smallest absolute Gasteiger partial charge is 0.251 e. The van der Waals surface area contributed by atoms with E-state index in [9.17, 15) is 24.0 Å². The third-order valence-corrected chi connectivity index (χ3v) is 5.48. The van der Waals surface area contributed by atoms with Gasteiger partial charge in [0.25, 0.3) is 5.91 Å². The molecule has 3 unspecified atom stereocenters. The molecule has 0 saturated heterocycles. The van der Waals surface area contributed by atoms with Crippen LogP contribution in [0.25, 0.3) is 0 Å². The normalized spacial score (nSPS) is 13.1. The van der Waals surface area contributed by atoms with E-state index < -0.39 is 48.3 Å². The molecule has 0 bridgehead atoms. The molecule has 0 aliphatic rings. The minimum Gasteiger partial charge on any atom is -0.368 e. The van der Waals surface area contributed by atoms with Crippen LogP contribution in [0.3, 0.4) is 0 Å². The molecular weight excluding hydrogens is 480 g/mol. The maximum absolute atomic E-state index is 12.7. The van der Waals surface area contributed by atoms with E-state index >= 15 is 0 Å². The number of nitrogens with two attached hydrogens (primary N) is 4. The Kier molecular flexibility index (Phi) is 15.2. The van der Waals surface area contributed by atoms with E-state index in [1.54, 1.807) is 30.3 Å². The van der Waals surface area contributed by atoms with Crippen LogP contribution in [-0.2, 0) is 19.2 Å². The molecule has 1 rings (SSSR count). The molecule has 13 heteroatoms. The molecule has 1 aromatic carbocycles. The van der Waals surface area contributed by atoms with Gasteiger partial charge >= 0.3 is 0 Å². The van der Waals surface area contributed by atoms with Crippen molar-refractivity contribution in [2.75, 3.05) is 26.2 Å². The molecule has 0 heterocycles.